The van der Waals surface area contributed by atoms with Gasteiger partial charge in [-0.1, -0.05) is 24.3 Å². The molecule has 3 atom stereocenters. The number of rotatable bonds is 4. The fourth-order valence-electron chi connectivity index (χ4n) is 4.49. The maximum Gasteiger partial charge on any atom is 0.264 e. The minimum absolute atomic E-state index is 0.120. The van der Waals surface area contributed by atoms with Crippen LogP contribution in [-0.4, -0.2) is 48.8 Å². The van der Waals surface area contributed by atoms with Crippen LogP contribution in [0.4, 0.5) is 4.39 Å². The molecular formula is C23H27FN4O3. The van der Waals surface area contributed by atoms with Gasteiger partial charge >= 0.3 is 0 Å². The van der Waals surface area contributed by atoms with E-state index < -0.39 is 6.10 Å². The van der Waals surface area contributed by atoms with Crippen molar-refractivity contribution in [2.24, 2.45) is 0 Å². The van der Waals surface area contributed by atoms with Crippen LogP contribution in [0.15, 0.2) is 48.5 Å². The number of likely N-dealkylation sites (tertiary alicyclic amines) is 1. The monoisotopic (exact) mass is 426 g/mol. The van der Waals surface area contributed by atoms with Crippen molar-refractivity contribution in [1.82, 2.24) is 21.1 Å². The molecule has 164 valence electrons. The number of carbonyl (C=O) groups excluding carboxylic acids is 1. The molecule has 1 amide bonds. The second-order valence-electron chi connectivity index (χ2n) is 8.33. The van der Waals surface area contributed by atoms with Gasteiger partial charge in [-0.25, -0.2) is 15.2 Å². The van der Waals surface area contributed by atoms with Crippen LogP contribution in [0.1, 0.15) is 30.9 Å². The van der Waals surface area contributed by atoms with Gasteiger partial charge in [0, 0.05) is 25.2 Å². The van der Waals surface area contributed by atoms with Gasteiger partial charge in [-0.3, -0.25) is 9.69 Å². The van der Waals surface area contributed by atoms with E-state index in [1.54, 1.807) is 0 Å². The lowest BCUT2D eigenvalue weighted by molar-refractivity contribution is -0.131. The van der Waals surface area contributed by atoms with Gasteiger partial charge in [-0.15, -0.1) is 0 Å². The van der Waals surface area contributed by atoms with E-state index in [0.29, 0.717) is 11.5 Å². The highest BCUT2D eigenvalue weighted by Crippen LogP contribution is 2.31. The number of hydrazine groups is 1. The van der Waals surface area contributed by atoms with E-state index in [1.807, 2.05) is 36.4 Å². The van der Waals surface area contributed by atoms with Crippen molar-refractivity contribution in [3.63, 3.8) is 0 Å². The van der Waals surface area contributed by atoms with Gasteiger partial charge in [-0.05, 0) is 49.1 Å². The van der Waals surface area contributed by atoms with Crippen LogP contribution in [0.3, 0.4) is 0 Å². The number of hydrogen-bond donors (Lipinski definition) is 3. The fraction of sp³-hybridized carbons (Fsp3) is 0.435. The fourth-order valence-corrected chi connectivity index (χ4v) is 4.49. The van der Waals surface area contributed by atoms with E-state index in [4.69, 9.17) is 9.47 Å². The first-order chi connectivity index (χ1) is 15.2. The van der Waals surface area contributed by atoms with Gasteiger partial charge in [0.1, 0.15) is 12.4 Å². The zero-order chi connectivity index (χ0) is 21.2. The molecule has 3 heterocycles. The molecule has 2 saturated heterocycles. The van der Waals surface area contributed by atoms with E-state index >= 15 is 0 Å². The molecule has 2 aromatic rings. The van der Waals surface area contributed by atoms with Crippen LogP contribution in [0, 0.1) is 5.82 Å². The van der Waals surface area contributed by atoms with Crippen LogP contribution in [-0.2, 0) is 4.79 Å². The molecule has 0 spiro atoms. The lowest BCUT2D eigenvalue weighted by Crippen LogP contribution is -2.54. The summed E-state index contributed by atoms with van der Waals surface area (Å²) >= 11 is 0. The Balaban J connectivity index is 1.09. The van der Waals surface area contributed by atoms with Crippen molar-refractivity contribution in [3.8, 4) is 11.5 Å². The van der Waals surface area contributed by atoms with Gasteiger partial charge < -0.3 is 14.8 Å². The summed E-state index contributed by atoms with van der Waals surface area (Å²) in [5, 5.41) is 3.13. The molecule has 3 aliphatic rings. The Hall–Kier alpha value is -2.68. The number of ether oxygens (including phenoxy) is 2. The molecule has 7 nitrogen and oxygen atoms in total. The number of para-hydroxylation sites is 2. The summed E-state index contributed by atoms with van der Waals surface area (Å²) in [6.07, 6.45) is 2.28. The number of fused-ring (bicyclic) bond motifs is 1. The Labute approximate surface area is 180 Å². The van der Waals surface area contributed by atoms with Crippen LogP contribution in [0.25, 0.3) is 0 Å². The van der Waals surface area contributed by atoms with E-state index in [9.17, 15) is 9.18 Å². The molecular weight excluding hydrogens is 399 g/mol. The lowest BCUT2D eigenvalue weighted by Gasteiger charge is -2.36. The minimum atomic E-state index is -0.620. The Kier molecular flexibility index (Phi) is 5.76. The highest BCUT2D eigenvalue weighted by molar-refractivity contribution is 5.82. The van der Waals surface area contributed by atoms with E-state index in [0.717, 1.165) is 37.9 Å². The Bertz CT molecular complexity index is 917. The number of halogens is 1. The quantitative estimate of drug-likeness (QED) is 0.696. The number of piperidine rings is 1. The van der Waals surface area contributed by atoms with Crippen molar-refractivity contribution in [2.45, 2.75) is 43.6 Å². The molecule has 0 aliphatic carbocycles. The third-order valence-electron chi connectivity index (χ3n) is 6.27. The Morgan fingerprint density at radius 1 is 1.03 bits per heavy atom. The van der Waals surface area contributed by atoms with Crippen LogP contribution >= 0.6 is 0 Å². The van der Waals surface area contributed by atoms with Gasteiger partial charge in [0.25, 0.3) is 5.91 Å². The largest absolute Gasteiger partial charge is 0.485 e. The van der Waals surface area contributed by atoms with Crippen LogP contribution < -0.4 is 25.6 Å². The van der Waals surface area contributed by atoms with Gasteiger partial charge in [0.2, 0.25) is 6.10 Å². The predicted octanol–water partition coefficient (Wildman–Crippen LogP) is 2.11. The first kappa shape index (κ1) is 20.2. The van der Waals surface area contributed by atoms with E-state index in [-0.39, 0.29) is 36.6 Å². The molecule has 2 aromatic carbocycles. The second kappa shape index (κ2) is 8.82. The third-order valence-corrected chi connectivity index (χ3v) is 6.27. The average Bonchev–Trinajstić information content (AvgIpc) is 3.30. The molecule has 0 radical (unpaired) electrons. The number of nitrogens with zero attached hydrogens (tertiary/aromatic N) is 1. The Morgan fingerprint density at radius 3 is 2.55 bits per heavy atom. The topological polar surface area (TPSA) is 74.9 Å². The number of amides is 1. The molecule has 3 aliphatic heterocycles. The molecule has 0 saturated carbocycles. The van der Waals surface area contributed by atoms with E-state index in [1.165, 1.54) is 12.1 Å². The molecule has 2 fully saturated rings. The maximum absolute atomic E-state index is 13.2. The van der Waals surface area contributed by atoms with Crippen LogP contribution in [0.2, 0.25) is 0 Å². The maximum atomic E-state index is 13.2. The first-order valence-corrected chi connectivity index (χ1v) is 10.8. The second-order valence-corrected chi connectivity index (χ2v) is 8.33. The van der Waals surface area contributed by atoms with Gasteiger partial charge in [0.05, 0.1) is 6.17 Å². The minimum Gasteiger partial charge on any atom is -0.485 e. The number of hydrogen-bond acceptors (Lipinski definition) is 6. The summed E-state index contributed by atoms with van der Waals surface area (Å²) in [6, 6.07) is 14.3. The molecule has 3 N–H and O–H groups in total. The lowest BCUT2D eigenvalue weighted by atomic mass is 10.0. The standard InChI is InChI=1S/C23H27FN4O3/c24-16-7-5-15(6-8-16)18-13-22(27-26-18)28-11-9-17(10-12-28)25-23(29)21-14-30-19-3-1-2-4-20(19)31-21/h1-8,17-18,21-22,26-27H,9-14H2,(H,25,29). The average molecular weight is 426 g/mol. The van der Waals surface area contributed by atoms with Crippen LogP contribution in [0.5, 0.6) is 11.5 Å². The first-order valence-electron chi connectivity index (χ1n) is 10.8. The highest BCUT2D eigenvalue weighted by Gasteiger charge is 2.34. The van der Waals surface area contributed by atoms with Crippen molar-refractivity contribution in [3.05, 3.63) is 59.9 Å². The highest BCUT2D eigenvalue weighted by atomic mass is 19.1. The molecule has 0 aromatic heterocycles. The van der Waals surface area contributed by atoms with Crippen molar-refractivity contribution in [2.75, 3.05) is 19.7 Å². The number of benzene rings is 2. The Morgan fingerprint density at radius 2 is 1.77 bits per heavy atom. The molecule has 8 heteroatoms. The van der Waals surface area contributed by atoms with Crippen molar-refractivity contribution < 1.29 is 18.7 Å². The summed E-state index contributed by atoms with van der Waals surface area (Å²) in [7, 11) is 0. The smallest absolute Gasteiger partial charge is 0.264 e. The molecule has 3 unspecified atom stereocenters. The van der Waals surface area contributed by atoms with Gasteiger partial charge in [-0.2, -0.15) is 0 Å². The summed E-state index contributed by atoms with van der Waals surface area (Å²) in [6.45, 7) is 2.01. The van der Waals surface area contributed by atoms with Gasteiger partial charge in [0.15, 0.2) is 11.5 Å². The zero-order valence-corrected chi connectivity index (χ0v) is 17.2. The number of nitrogens with one attached hydrogen (secondary N) is 3. The van der Waals surface area contributed by atoms with Crippen molar-refractivity contribution in [1.29, 1.82) is 0 Å². The number of carbonyl (C=O) groups is 1. The molecule has 5 rings (SSSR count). The van der Waals surface area contributed by atoms with Crippen molar-refractivity contribution >= 4 is 5.91 Å². The summed E-state index contributed by atoms with van der Waals surface area (Å²) in [5.41, 5.74) is 7.76. The predicted molar refractivity (Wildman–Crippen MR) is 113 cm³/mol. The SMILES string of the molecule is O=C(NC1CCN(C2CC(c3ccc(F)cc3)NN2)CC1)C1COc2ccccc2O1. The summed E-state index contributed by atoms with van der Waals surface area (Å²) < 4.78 is 24.6. The molecule has 0 bridgehead atoms. The van der Waals surface area contributed by atoms with E-state index in [2.05, 4.69) is 21.1 Å². The normalized spacial score (nSPS) is 26.5. The zero-order valence-electron chi connectivity index (χ0n) is 17.2. The third kappa shape index (κ3) is 4.51. The summed E-state index contributed by atoms with van der Waals surface area (Å²) in [5.74, 6) is 0.950. The summed E-state index contributed by atoms with van der Waals surface area (Å²) in [4.78, 5) is 15.1. The molecule has 31 heavy (non-hydrogen) atoms.